The first-order valence-electron chi connectivity index (χ1n) is 6.89. The Balaban J connectivity index is 2.11. The van der Waals surface area contributed by atoms with Gasteiger partial charge in [-0.1, -0.05) is 52.3 Å². The van der Waals surface area contributed by atoms with Gasteiger partial charge in [0.05, 0.1) is 5.52 Å². The lowest BCUT2D eigenvalue weighted by atomic mass is 10.0. The lowest BCUT2D eigenvalue weighted by Gasteiger charge is -2.13. The highest BCUT2D eigenvalue weighted by Gasteiger charge is 2.17. The van der Waals surface area contributed by atoms with Crippen molar-refractivity contribution in [3.63, 3.8) is 0 Å². The molecule has 98 valence electrons. The van der Waals surface area contributed by atoms with Gasteiger partial charge in [-0.05, 0) is 37.1 Å². The predicted molar refractivity (Wildman–Crippen MR) is 88.3 cm³/mol. The van der Waals surface area contributed by atoms with Crippen molar-refractivity contribution in [1.29, 1.82) is 0 Å². The van der Waals surface area contributed by atoms with Gasteiger partial charge in [0.2, 0.25) is 0 Å². The summed E-state index contributed by atoms with van der Waals surface area (Å²) in [7, 11) is 0. The van der Waals surface area contributed by atoms with Gasteiger partial charge in [-0.2, -0.15) is 0 Å². The maximum atomic E-state index is 3.58. The summed E-state index contributed by atoms with van der Waals surface area (Å²) in [5.74, 6) is 0. The Morgan fingerprint density at radius 1 is 1.00 bits per heavy atom. The van der Waals surface area contributed by atoms with Crippen LogP contribution in [0.2, 0.25) is 0 Å². The molecule has 4 rings (SSSR count). The van der Waals surface area contributed by atoms with Crippen LogP contribution in [0.15, 0.2) is 59.1 Å². The van der Waals surface area contributed by atoms with E-state index in [1.807, 2.05) is 0 Å². The van der Waals surface area contributed by atoms with Crippen LogP contribution in [0.4, 0.5) is 0 Å². The number of rotatable bonds is 1. The van der Waals surface area contributed by atoms with Gasteiger partial charge in [0.15, 0.2) is 0 Å². The zero-order chi connectivity index (χ0) is 13.5. The van der Waals surface area contributed by atoms with Crippen molar-refractivity contribution < 1.29 is 0 Å². The Kier molecular flexibility index (Phi) is 2.78. The molecular formula is C18H14BrN. The summed E-state index contributed by atoms with van der Waals surface area (Å²) in [6.07, 6.45) is 6.78. The fourth-order valence-corrected chi connectivity index (χ4v) is 3.47. The van der Waals surface area contributed by atoms with Crippen LogP contribution in [0, 0.1) is 0 Å². The Morgan fingerprint density at radius 2 is 1.90 bits per heavy atom. The first-order valence-corrected chi connectivity index (χ1v) is 7.69. The van der Waals surface area contributed by atoms with Crippen LogP contribution >= 0.6 is 15.9 Å². The van der Waals surface area contributed by atoms with Crippen molar-refractivity contribution >= 4 is 32.9 Å². The van der Waals surface area contributed by atoms with Gasteiger partial charge in [0, 0.05) is 26.8 Å². The molecular weight excluding hydrogens is 310 g/mol. The summed E-state index contributed by atoms with van der Waals surface area (Å²) in [5, 5.41) is 1.35. The molecule has 1 heterocycles. The van der Waals surface area contributed by atoms with E-state index >= 15 is 0 Å². The Bertz CT molecular complexity index is 827. The molecule has 0 radical (unpaired) electrons. The number of halogens is 1. The molecule has 0 atom stereocenters. The third kappa shape index (κ3) is 1.75. The van der Waals surface area contributed by atoms with E-state index < -0.39 is 0 Å². The van der Waals surface area contributed by atoms with Crippen molar-refractivity contribution in [2.24, 2.45) is 0 Å². The van der Waals surface area contributed by atoms with Crippen molar-refractivity contribution in [3.8, 4) is 5.69 Å². The molecule has 0 fully saturated rings. The van der Waals surface area contributed by atoms with Crippen LogP contribution in [-0.4, -0.2) is 4.57 Å². The first kappa shape index (κ1) is 12.0. The lowest BCUT2D eigenvalue weighted by molar-refractivity contribution is 0.888. The summed E-state index contributed by atoms with van der Waals surface area (Å²) in [4.78, 5) is 0. The number of allylic oxidation sites excluding steroid dienone is 1. The second-order valence-electron chi connectivity index (χ2n) is 5.13. The molecule has 0 amide bonds. The molecule has 0 spiro atoms. The largest absolute Gasteiger partial charge is 0.313 e. The van der Waals surface area contributed by atoms with Crippen molar-refractivity contribution in [2.45, 2.75) is 12.8 Å². The maximum Gasteiger partial charge on any atom is 0.0537 e. The molecule has 0 saturated heterocycles. The highest BCUT2D eigenvalue weighted by Crippen LogP contribution is 2.34. The van der Waals surface area contributed by atoms with E-state index in [0.29, 0.717) is 0 Å². The van der Waals surface area contributed by atoms with Gasteiger partial charge in [0.1, 0.15) is 0 Å². The number of fused-ring (bicyclic) bond motifs is 3. The first-order chi connectivity index (χ1) is 9.84. The van der Waals surface area contributed by atoms with Crippen molar-refractivity contribution in [2.75, 3.05) is 0 Å². The van der Waals surface area contributed by atoms with E-state index in [1.54, 1.807) is 0 Å². The normalized spacial score (nSPS) is 13.7. The Hall–Kier alpha value is -1.80. The fraction of sp³-hybridized carbons (Fsp3) is 0.111. The van der Waals surface area contributed by atoms with E-state index in [1.165, 1.54) is 27.8 Å². The van der Waals surface area contributed by atoms with Gasteiger partial charge in [-0.15, -0.1) is 0 Å². The molecule has 2 heteroatoms. The summed E-state index contributed by atoms with van der Waals surface area (Å²) >= 11 is 3.58. The Morgan fingerprint density at radius 3 is 2.80 bits per heavy atom. The predicted octanol–water partition coefficient (Wildman–Crippen LogP) is 5.35. The van der Waals surface area contributed by atoms with Crippen molar-refractivity contribution in [3.05, 3.63) is 70.3 Å². The third-order valence-electron chi connectivity index (χ3n) is 3.91. The number of benzene rings is 2. The van der Waals surface area contributed by atoms with E-state index in [4.69, 9.17) is 0 Å². The average molecular weight is 324 g/mol. The summed E-state index contributed by atoms with van der Waals surface area (Å²) < 4.78 is 3.52. The van der Waals surface area contributed by atoms with Gasteiger partial charge < -0.3 is 4.57 Å². The van der Waals surface area contributed by atoms with Gasteiger partial charge in [-0.25, -0.2) is 0 Å². The molecule has 1 aromatic heterocycles. The number of nitrogens with zero attached hydrogens (tertiary/aromatic N) is 1. The van der Waals surface area contributed by atoms with Crippen molar-refractivity contribution in [1.82, 2.24) is 4.57 Å². The number of hydrogen-bond donors (Lipinski definition) is 0. The monoisotopic (exact) mass is 323 g/mol. The minimum atomic E-state index is 1.10. The topological polar surface area (TPSA) is 4.93 Å². The maximum absolute atomic E-state index is 3.58. The molecule has 0 bridgehead atoms. The summed E-state index contributed by atoms with van der Waals surface area (Å²) in [5.41, 5.74) is 5.33. The molecule has 2 aromatic carbocycles. The zero-order valence-electron chi connectivity index (χ0n) is 11.0. The molecule has 1 aliphatic carbocycles. The standard InChI is InChI=1S/C18H14BrN/c19-13-6-5-7-14(12-13)20-17-10-3-1-8-15(17)16-9-2-4-11-18(16)20/h1-3,5-10,12H,4,11H2. The molecule has 0 saturated carbocycles. The second kappa shape index (κ2) is 4.64. The van der Waals surface area contributed by atoms with Gasteiger partial charge in [-0.3, -0.25) is 0 Å². The van der Waals surface area contributed by atoms with Crippen LogP contribution in [0.1, 0.15) is 17.7 Å². The number of hydrogen-bond acceptors (Lipinski definition) is 0. The molecule has 0 N–H and O–H groups in total. The van der Waals surface area contributed by atoms with E-state index in [-0.39, 0.29) is 0 Å². The highest BCUT2D eigenvalue weighted by atomic mass is 79.9. The highest BCUT2D eigenvalue weighted by molar-refractivity contribution is 9.10. The molecule has 0 aliphatic heterocycles. The smallest absolute Gasteiger partial charge is 0.0537 e. The number of aromatic nitrogens is 1. The average Bonchev–Trinajstić information content (AvgIpc) is 2.82. The number of para-hydroxylation sites is 1. The summed E-state index contributed by atoms with van der Waals surface area (Å²) in [6, 6.07) is 17.2. The van der Waals surface area contributed by atoms with E-state index in [0.717, 1.165) is 17.3 Å². The molecule has 1 aliphatic rings. The lowest BCUT2D eigenvalue weighted by Crippen LogP contribution is -2.02. The second-order valence-corrected chi connectivity index (χ2v) is 6.05. The zero-order valence-corrected chi connectivity index (χ0v) is 12.6. The Labute approximate surface area is 126 Å². The fourth-order valence-electron chi connectivity index (χ4n) is 3.08. The molecule has 0 unspecified atom stereocenters. The van der Waals surface area contributed by atoms with E-state index in [2.05, 4.69) is 81.2 Å². The molecule has 20 heavy (non-hydrogen) atoms. The van der Waals surface area contributed by atoms with Crippen LogP contribution in [0.3, 0.4) is 0 Å². The minimum absolute atomic E-state index is 1.10. The van der Waals surface area contributed by atoms with Crippen LogP contribution in [0.25, 0.3) is 22.7 Å². The van der Waals surface area contributed by atoms with E-state index in [9.17, 15) is 0 Å². The third-order valence-corrected chi connectivity index (χ3v) is 4.41. The van der Waals surface area contributed by atoms with Gasteiger partial charge >= 0.3 is 0 Å². The van der Waals surface area contributed by atoms with Crippen LogP contribution in [0.5, 0.6) is 0 Å². The molecule has 1 nitrogen and oxygen atoms in total. The minimum Gasteiger partial charge on any atom is -0.313 e. The summed E-state index contributed by atoms with van der Waals surface area (Å²) in [6.45, 7) is 0. The SMILES string of the molecule is Brc1cccc(-n2c3c(c4ccccc42)C=CCC3)c1. The van der Waals surface area contributed by atoms with Crippen LogP contribution in [-0.2, 0) is 6.42 Å². The van der Waals surface area contributed by atoms with Crippen LogP contribution < -0.4 is 0 Å². The van der Waals surface area contributed by atoms with Gasteiger partial charge in [0.25, 0.3) is 0 Å². The molecule has 3 aromatic rings. The quantitative estimate of drug-likeness (QED) is 0.568.